The van der Waals surface area contributed by atoms with Gasteiger partial charge in [-0.05, 0) is 43.0 Å². The highest BCUT2D eigenvalue weighted by molar-refractivity contribution is 7.90. The molecule has 0 saturated heterocycles. The zero-order valence-corrected chi connectivity index (χ0v) is 14.0. The van der Waals surface area contributed by atoms with Crippen molar-refractivity contribution in [2.45, 2.75) is 28.7 Å². The van der Waals surface area contributed by atoms with Gasteiger partial charge in [0.15, 0.2) is 9.84 Å². The highest BCUT2D eigenvalue weighted by atomic mass is 35.5. The van der Waals surface area contributed by atoms with E-state index in [1.54, 1.807) is 0 Å². The summed E-state index contributed by atoms with van der Waals surface area (Å²) in [6.45, 7) is 0.195. The van der Waals surface area contributed by atoms with E-state index in [1.807, 2.05) is 0 Å². The van der Waals surface area contributed by atoms with Gasteiger partial charge in [0.05, 0.1) is 9.79 Å². The van der Waals surface area contributed by atoms with Crippen LogP contribution in [0.4, 0.5) is 0 Å². The Kier molecular flexibility index (Phi) is 5.79. The maximum absolute atomic E-state index is 12.0. The Hall–Kier alpha value is -0.670. The predicted molar refractivity (Wildman–Crippen MR) is 82.7 cm³/mol. The van der Waals surface area contributed by atoms with E-state index in [0.29, 0.717) is 5.92 Å². The first-order valence-electron chi connectivity index (χ1n) is 6.25. The van der Waals surface area contributed by atoms with Crippen LogP contribution in [0.3, 0.4) is 0 Å². The van der Waals surface area contributed by atoms with Crippen molar-refractivity contribution in [2.24, 2.45) is 11.7 Å². The molecule has 1 fully saturated rings. The zero-order valence-electron chi connectivity index (χ0n) is 11.5. The van der Waals surface area contributed by atoms with E-state index in [1.165, 1.54) is 24.3 Å². The number of benzene rings is 1. The van der Waals surface area contributed by atoms with Crippen molar-refractivity contribution in [3.8, 4) is 0 Å². The minimum Gasteiger partial charge on any atom is -0.326 e. The summed E-state index contributed by atoms with van der Waals surface area (Å²) in [5.74, 6) is 0.408. The van der Waals surface area contributed by atoms with Gasteiger partial charge in [0.25, 0.3) is 0 Å². The number of halogens is 1. The molecule has 0 amide bonds. The normalized spacial score (nSPS) is 17.0. The van der Waals surface area contributed by atoms with Gasteiger partial charge in [0.1, 0.15) is 0 Å². The molecule has 1 aliphatic rings. The van der Waals surface area contributed by atoms with Gasteiger partial charge >= 0.3 is 0 Å². The lowest BCUT2D eigenvalue weighted by atomic mass is 10.2. The first kappa shape index (κ1) is 18.4. The van der Waals surface area contributed by atoms with Crippen LogP contribution in [-0.4, -0.2) is 35.7 Å². The average Bonchev–Trinajstić information content (AvgIpc) is 3.19. The fourth-order valence-corrected chi connectivity index (χ4v) is 3.55. The zero-order chi connectivity index (χ0) is 15.0. The highest BCUT2D eigenvalue weighted by Gasteiger charge is 2.29. The van der Waals surface area contributed by atoms with Crippen LogP contribution in [0.25, 0.3) is 0 Å². The second-order valence-corrected chi connectivity index (χ2v) is 8.88. The molecule has 120 valence electrons. The molecule has 21 heavy (non-hydrogen) atoms. The molecule has 1 saturated carbocycles. The molecule has 9 heteroatoms. The Morgan fingerprint density at radius 2 is 1.62 bits per heavy atom. The van der Waals surface area contributed by atoms with Crippen molar-refractivity contribution >= 4 is 32.3 Å². The van der Waals surface area contributed by atoms with Crippen molar-refractivity contribution in [1.29, 1.82) is 0 Å². The molecule has 0 aliphatic heterocycles. The lowest BCUT2D eigenvalue weighted by Crippen LogP contribution is -2.38. The van der Waals surface area contributed by atoms with Crippen LogP contribution >= 0.6 is 12.4 Å². The molecule has 2 rings (SSSR count). The third-order valence-electron chi connectivity index (χ3n) is 3.30. The molecule has 0 aromatic heterocycles. The molecule has 0 spiro atoms. The van der Waals surface area contributed by atoms with Crippen molar-refractivity contribution in [3.05, 3.63) is 24.3 Å². The highest BCUT2D eigenvalue weighted by Crippen LogP contribution is 2.31. The van der Waals surface area contributed by atoms with E-state index in [9.17, 15) is 16.8 Å². The van der Waals surface area contributed by atoms with Crippen LogP contribution < -0.4 is 10.5 Å². The maximum atomic E-state index is 12.0. The van der Waals surface area contributed by atoms with Crippen molar-refractivity contribution < 1.29 is 16.8 Å². The summed E-state index contributed by atoms with van der Waals surface area (Å²) in [5, 5.41) is 0. The summed E-state index contributed by atoms with van der Waals surface area (Å²) in [7, 11) is -6.98. The largest absolute Gasteiger partial charge is 0.326 e. The van der Waals surface area contributed by atoms with E-state index in [2.05, 4.69) is 4.72 Å². The van der Waals surface area contributed by atoms with Gasteiger partial charge in [-0.25, -0.2) is 21.6 Å². The molecule has 1 aromatic carbocycles. The Labute approximate surface area is 131 Å². The minimum absolute atomic E-state index is 0. The van der Waals surface area contributed by atoms with E-state index < -0.39 is 19.9 Å². The van der Waals surface area contributed by atoms with Gasteiger partial charge in [-0.15, -0.1) is 12.4 Å². The molecule has 1 unspecified atom stereocenters. The van der Waals surface area contributed by atoms with Gasteiger partial charge in [-0.3, -0.25) is 0 Å². The quantitative estimate of drug-likeness (QED) is 0.774. The molecule has 1 aliphatic carbocycles. The van der Waals surface area contributed by atoms with Crippen LogP contribution in [0, 0.1) is 5.92 Å². The van der Waals surface area contributed by atoms with Gasteiger partial charge in [0.2, 0.25) is 10.0 Å². The van der Waals surface area contributed by atoms with E-state index in [0.717, 1.165) is 19.1 Å². The van der Waals surface area contributed by atoms with E-state index in [4.69, 9.17) is 5.73 Å². The average molecular weight is 355 g/mol. The third-order valence-corrected chi connectivity index (χ3v) is 5.87. The first-order valence-corrected chi connectivity index (χ1v) is 9.63. The molecule has 1 aromatic rings. The summed E-state index contributed by atoms with van der Waals surface area (Å²) in [6, 6.07) is 4.96. The van der Waals surface area contributed by atoms with Crippen LogP contribution in [0.1, 0.15) is 12.8 Å². The Morgan fingerprint density at radius 1 is 1.14 bits per heavy atom. The van der Waals surface area contributed by atoms with Crippen LogP contribution in [0.15, 0.2) is 34.1 Å². The molecule has 0 bridgehead atoms. The summed E-state index contributed by atoms with van der Waals surface area (Å²) >= 11 is 0. The van der Waals surface area contributed by atoms with Crippen LogP contribution in [0.5, 0.6) is 0 Å². The van der Waals surface area contributed by atoms with Gasteiger partial charge in [0, 0.05) is 18.8 Å². The minimum atomic E-state index is -3.65. The monoisotopic (exact) mass is 354 g/mol. The number of nitrogens with one attached hydrogen (secondary N) is 1. The Morgan fingerprint density at radius 3 is 2.05 bits per heavy atom. The number of nitrogens with two attached hydrogens (primary N) is 1. The van der Waals surface area contributed by atoms with Gasteiger partial charge < -0.3 is 5.73 Å². The standard InChI is InChI=1S/C12H18N2O4S2.ClH/c1-19(15,16)10-4-6-11(7-5-10)20(17,18)14-8-12(13)9-2-3-9;/h4-7,9,12,14H,2-3,8,13H2,1H3;1H. The van der Waals surface area contributed by atoms with Crippen molar-refractivity contribution in [3.63, 3.8) is 0 Å². The molecular formula is C12H19ClN2O4S2. The fraction of sp³-hybridized carbons (Fsp3) is 0.500. The predicted octanol–water partition coefficient (Wildman–Crippen LogP) is 0.528. The van der Waals surface area contributed by atoms with Gasteiger partial charge in [-0.1, -0.05) is 0 Å². The van der Waals surface area contributed by atoms with Crippen molar-refractivity contribution in [1.82, 2.24) is 4.72 Å². The first-order chi connectivity index (χ1) is 9.20. The summed E-state index contributed by atoms with van der Waals surface area (Å²) in [4.78, 5) is 0.124. The fourth-order valence-electron chi connectivity index (χ4n) is 1.85. The number of hydrogen-bond donors (Lipinski definition) is 2. The molecule has 3 N–H and O–H groups in total. The maximum Gasteiger partial charge on any atom is 0.240 e. The van der Waals surface area contributed by atoms with E-state index >= 15 is 0 Å². The smallest absolute Gasteiger partial charge is 0.240 e. The summed E-state index contributed by atoms with van der Waals surface area (Å²) in [5.41, 5.74) is 5.84. The van der Waals surface area contributed by atoms with Crippen LogP contribution in [0.2, 0.25) is 0 Å². The lowest BCUT2D eigenvalue weighted by Gasteiger charge is -2.12. The van der Waals surface area contributed by atoms with Gasteiger partial charge in [-0.2, -0.15) is 0 Å². The van der Waals surface area contributed by atoms with E-state index in [-0.39, 0.29) is 34.8 Å². The number of sulfonamides is 1. The SMILES string of the molecule is CS(=O)(=O)c1ccc(S(=O)(=O)NCC(N)C2CC2)cc1.Cl. The second-order valence-electron chi connectivity index (χ2n) is 5.10. The van der Waals surface area contributed by atoms with Crippen molar-refractivity contribution in [2.75, 3.05) is 12.8 Å². The number of rotatable bonds is 6. The summed E-state index contributed by atoms with van der Waals surface area (Å²) in [6.07, 6.45) is 3.17. The summed E-state index contributed by atoms with van der Waals surface area (Å²) < 4.78 is 49.1. The molecule has 6 nitrogen and oxygen atoms in total. The molecule has 0 heterocycles. The topological polar surface area (TPSA) is 106 Å². The second kappa shape index (κ2) is 6.62. The van der Waals surface area contributed by atoms with Crippen LogP contribution in [-0.2, 0) is 19.9 Å². The Balaban J connectivity index is 0.00000220. The molecule has 1 atom stereocenters. The number of hydrogen-bond acceptors (Lipinski definition) is 5. The number of sulfone groups is 1. The molecular weight excluding hydrogens is 336 g/mol. The third kappa shape index (κ3) is 4.93. The lowest BCUT2D eigenvalue weighted by molar-refractivity contribution is 0.547. The molecule has 0 radical (unpaired) electrons. The Bertz CT molecular complexity index is 682.